The highest BCUT2D eigenvalue weighted by molar-refractivity contribution is 5.96. The van der Waals surface area contributed by atoms with E-state index in [0.29, 0.717) is 0 Å². The summed E-state index contributed by atoms with van der Waals surface area (Å²) in [5, 5.41) is 19.7. The van der Waals surface area contributed by atoms with Crippen molar-refractivity contribution < 1.29 is 14.7 Å². The molecule has 7 heteroatoms. The summed E-state index contributed by atoms with van der Waals surface area (Å²) in [7, 11) is 4.70. The van der Waals surface area contributed by atoms with Crippen LogP contribution >= 0.6 is 0 Å². The lowest BCUT2D eigenvalue weighted by Gasteiger charge is -2.27. The molecular formula is C8H16N4O3. The molecule has 86 valence electrons. The highest BCUT2D eigenvalue weighted by Gasteiger charge is 2.56. The van der Waals surface area contributed by atoms with Gasteiger partial charge >= 0.3 is 5.97 Å². The first kappa shape index (κ1) is 11.9. The van der Waals surface area contributed by atoms with Gasteiger partial charge in [0.25, 0.3) is 5.91 Å². The molecule has 0 aromatic heterocycles. The number of rotatable bonds is 4. The molecule has 1 aliphatic heterocycles. The number of hydrogen-bond donors (Lipinski definition) is 5. The molecule has 7 nitrogen and oxygen atoms in total. The van der Waals surface area contributed by atoms with Crippen molar-refractivity contribution >= 4 is 11.9 Å². The maximum absolute atomic E-state index is 11.7. The summed E-state index contributed by atoms with van der Waals surface area (Å²) in [5.41, 5.74) is -2.45. The topological polar surface area (TPSA) is 102 Å². The molecule has 1 aliphatic rings. The fourth-order valence-corrected chi connectivity index (χ4v) is 1.74. The van der Waals surface area contributed by atoms with Gasteiger partial charge in [0.05, 0.1) is 0 Å². The van der Waals surface area contributed by atoms with Crippen molar-refractivity contribution in [3.05, 3.63) is 0 Å². The molecule has 0 aliphatic carbocycles. The van der Waals surface area contributed by atoms with Crippen molar-refractivity contribution in [1.29, 1.82) is 0 Å². The summed E-state index contributed by atoms with van der Waals surface area (Å²) in [4.78, 5) is 22.8. The van der Waals surface area contributed by atoms with Gasteiger partial charge in [-0.2, -0.15) is 0 Å². The van der Waals surface area contributed by atoms with Gasteiger partial charge < -0.3 is 10.4 Å². The quantitative estimate of drug-likeness (QED) is 0.337. The Morgan fingerprint density at radius 1 is 1.33 bits per heavy atom. The lowest BCUT2D eigenvalue weighted by Crippen LogP contribution is -2.59. The van der Waals surface area contributed by atoms with E-state index in [9.17, 15) is 9.59 Å². The average Bonchev–Trinajstić information content (AvgIpc) is 2.53. The van der Waals surface area contributed by atoms with Crippen LogP contribution in [0, 0.1) is 0 Å². The second-order valence-corrected chi connectivity index (χ2v) is 3.50. The van der Waals surface area contributed by atoms with Gasteiger partial charge in [-0.05, 0) is 21.1 Å². The number of carbonyl (C=O) groups is 2. The van der Waals surface area contributed by atoms with Crippen molar-refractivity contribution in [3.8, 4) is 0 Å². The Balaban J connectivity index is 3.04. The maximum Gasteiger partial charge on any atom is 0.344 e. The molecule has 0 aromatic carbocycles. The maximum atomic E-state index is 11.7. The molecule has 0 aromatic rings. The molecule has 0 bridgehead atoms. The van der Waals surface area contributed by atoms with Crippen LogP contribution in [0.3, 0.4) is 0 Å². The Kier molecular flexibility index (Phi) is 2.98. The monoisotopic (exact) mass is 216 g/mol. The van der Waals surface area contributed by atoms with Gasteiger partial charge in [0.15, 0.2) is 11.3 Å². The second kappa shape index (κ2) is 3.76. The van der Waals surface area contributed by atoms with Gasteiger partial charge in [0, 0.05) is 6.42 Å². The highest BCUT2D eigenvalue weighted by Crippen LogP contribution is 2.24. The lowest BCUT2D eigenvalue weighted by molar-refractivity contribution is -0.146. The van der Waals surface area contributed by atoms with E-state index in [0.717, 1.165) is 0 Å². The summed E-state index contributed by atoms with van der Waals surface area (Å²) in [6.45, 7) is 0. The zero-order valence-corrected chi connectivity index (χ0v) is 8.97. The number of carboxylic acids is 1. The number of carboxylic acid groups (broad SMARTS) is 1. The highest BCUT2D eigenvalue weighted by atomic mass is 16.4. The Hall–Kier alpha value is -1.18. The number of aliphatic carboxylic acids is 1. The molecule has 0 radical (unpaired) electrons. The zero-order chi connectivity index (χ0) is 11.7. The molecule has 1 rings (SSSR count). The van der Waals surface area contributed by atoms with Gasteiger partial charge in [-0.1, -0.05) is 0 Å². The Morgan fingerprint density at radius 3 is 2.07 bits per heavy atom. The SMILES string of the molecule is CNC1(NC)C[C@@](NC)(C(=O)O)NC1=O. The first-order valence-electron chi connectivity index (χ1n) is 4.59. The minimum atomic E-state index is -1.41. The van der Waals surface area contributed by atoms with Gasteiger partial charge in [0.1, 0.15) is 0 Å². The van der Waals surface area contributed by atoms with E-state index in [-0.39, 0.29) is 12.3 Å². The Labute approximate surface area is 87.6 Å². The van der Waals surface area contributed by atoms with Crippen LogP contribution in [0.15, 0.2) is 0 Å². The predicted octanol–water partition coefficient (Wildman–Crippen LogP) is -2.36. The lowest BCUT2D eigenvalue weighted by atomic mass is 10.0. The normalized spacial score (nSPS) is 28.9. The number of carbonyl (C=O) groups excluding carboxylic acids is 1. The zero-order valence-electron chi connectivity index (χ0n) is 8.97. The van der Waals surface area contributed by atoms with E-state index in [4.69, 9.17) is 5.11 Å². The first-order valence-corrected chi connectivity index (χ1v) is 4.59. The van der Waals surface area contributed by atoms with E-state index in [1.54, 1.807) is 14.1 Å². The van der Waals surface area contributed by atoms with E-state index >= 15 is 0 Å². The van der Waals surface area contributed by atoms with Crippen LogP contribution in [-0.2, 0) is 9.59 Å². The van der Waals surface area contributed by atoms with Crippen LogP contribution in [0.2, 0.25) is 0 Å². The van der Waals surface area contributed by atoms with E-state index < -0.39 is 17.3 Å². The number of nitrogens with one attached hydrogen (secondary N) is 4. The van der Waals surface area contributed by atoms with Crippen LogP contribution in [0.5, 0.6) is 0 Å². The third-order valence-corrected chi connectivity index (χ3v) is 2.89. The standard InChI is InChI=1S/C8H16N4O3/c1-9-7(10-2)4-8(11-3,6(14)15)12-5(7)13/h9-11H,4H2,1-3H3,(H,12,13)(H,14,15)/t8-/m0/s1. The minimum absolute atomic E-state index is 0.0810. The summed E-state index contributed by atoms with van der Waals surface area (Å²) >= 11 is 0. The smallest absolute Gasteiger partial charge is 0.344 e. The van der Waals surface area contributed by atoms with Crippen molar-refractivity contribution in [2.45, 2.75) is 17.7 Å². The fraction of sp³-hybridized carbons (Fsp3) is 0.750. The molecular weight excluding hydrogens is 200 g/mol. The summed E-state index contributed by atoms with van der Waals surface area (Å²) in [5.74, 6) is -1.49. The summed E-state index contributed by atoms with van der Waals surface area (Å²) < 4.78 is 0. The minimum Gasteiger partial charge on any atom is -0.478 e. The molecule has 1 atom stereocenters. The number of amides is 1. The summed E-state index contributed by atoms with van der Waals surface area (Å²) in [6.07, 6.45) is 0.0810. The van der Waals surface area contributed by atoms with E-state index in [1.807, 2.05) is 0 Å². The van der Waals surface area contributed by atoms with Gasteiger partial charge in [-0.15, -0.1) is 0 Å². The van der Waals surface area contributed by atoms with Crippen LogP contribution in [-0.4, -0.2) is 49.5 Å². The van der Waals surface area contributed by atoms with E-state index in [2.05, 4.69) is 21.3 Å². The fourth-order valence-electron chi connectivity index (χ4n) is 1.74. The average molecular weight is 216 g/mol. The van der Waals surface area contributed by atoms with Crippen LogP contribution in [0.1, 0.15) is 6.42 Å². The molecule has 1 heterocycles. The van der Waals surface area contributed by atoms with Crippen molar-refractivity contribution in [3.63, 3.8) is 0 Å². The summed E-state index contributed by atoms with van der Waals surface area (Å²) in [6, 6.07) is 0. The third-order valence-electron chi connectivity index (χ3n) is 2.89. The second-order valence-electron chi connectivity index (χ2n) is 3.50. The van der Waals surface area contributed by atoms with Crippen molar-refractivity contribution in [1.82, 2.24) is 21.3 Å². The molecule has 0 unspecified atom stereocenters. The molecule has 0 spiro atoms. The Morgan fingerprint density at radius 2 is 1.87 bits per heavy atom. The number of likely N-dealkylation sites (N-methyl/N-ethyl adjacent to an activating group) is 3. The van der Waals surface area contributed by atoms with Crippen LogP contribution in [0.4, 0.5) is 0 Å². The van der Waals surface area contributed by atoms with Crippen LogP contribution < -0.4 is 21.3 Å². The molecule has 1 amide bonds. The van der Waals surface area contributed by atoms with Crippen molar-refractivity contribution in [2.75, 3.05) is 21.1 Å². The first-order chi connectivity index (χ1) is 6.96. The van der Waals surface area contributed by atoms with Gasteiger partial charge in [-0.25, -0.2) is 4.79 Å². The Bertz CT molecular complexity index is 290. The van der Waals surface area contributed by atoms with E-state index in [1.165, 1.54) is 7.05 Å². The molecule has 15 heavy (non-hydrogen) atoms. The van der Waals surface area contributed by atoms with Crippen LogP contribution in [0.25, 0.3) is 0 Å². The molecule has 1 saturated heterocycles. The molecule has 0 saturated carbocycles. The number of hydrogen-bond acceptors (Lipinski definition) is 5. The van der Waals surface area contributed by atoms with Crippen molar-refractivity contribution in [2.24, 2.45) is 0 Å². The predicted molar refractivity (Wildman–Crippen MR) is 53.0 cm³/mol. The van der Waals surface area contributed by atoms with Gasteiger partial charge in [-0.3, -0.25) is 20.7 Å². The third kappa shape index (κ3) is 1.58. The molecule has 1 fully saturated rings. The van der Waals surface area contributed by atoms with Gasteiger partial charge in [0.2, 0.25) is 0 Å². The largest absolute Gasteiger partial charge is 0.478 e. The molecule has 5 N–H and O–H groups in total.